The van der Waals surface area contributed by atoms with Crippen molar-refractivity contribution in [1.82, 2.24) is 0 Å². The summed E-state index contributed by atoms with van der Waals surface area (Å²) in [5, 5.41) is 0. The van der Waals surface area contributed by atoms with Crippen molar-refractivity contribution >= 4 is 5.78 Å². The van der Waals surface area contributed by atoms with Gasteiger partial charge in [0.1, 0.15) is 0 Å². The Kier molecular flexibility index (Phi) is 1.95. The quantitative estimate of drug-likeness (QED) is 0.632. The van der Waals surface area contributed by atoms with Crippen LogP contribution in [0.1, 0.15) is 65.9 Å². The van der Waals surface area contributed by atoms with Gasteiger partial charge in [-0.1, -0.05) is 18.2 Å². The molecule has 0 radical (unpaired) electrons. The predicted octanol–water partition coefficient (Wildman–Crippen LogP) is 3.64. The Bertz CT molecular complexity index is 411. The number of hydrogen-bond donors (Lipinski definition) is 0. The molecular formula is C14H16O. The van der Waals surface area contributed by atoms with Crippen molar-refractivity contribution in [1.29, 1.82) is 0 Å². The molecule has 4 rings (SSSR count). The van der Waals surface area contributed by atoms with E-state index >= 15 is 0 Å². The minimum atomic E-state index is 0.236. The van der Waals surface area contributed by atoms with Crippen molar-refractivity contribution < 1.29 is 4.79 Å². The van der Waals surface area contributed by atoms with E-state index in [9.17, 15) is 4.79 Å². The number of carbonyl (C=O) groups is 1. The number of ketones is 1. The fourth-order valence-corrected chi connectivity index (χ4v) is 3.39. The van der Waals surface area contributed by atoms with E-state index in [-0.39, 0.29) is 5.78 Å². The van der Waals surface area contributed by atoms with Crippen LogP contribution in [0.4, 0.5) is 0 Å². The Labute approximate surface area is 90.5 Å². The molecule has 0 saturated heterocycles. The van der Waals surface area contributed by atoms with E-state index in [4.69, 9.17) is 0 Å². The molecule has 1 nitrogen and oxygen atoms in total. The summed E-state index contributed by atoms with van der Waals surface area (Å²) in [4.78, 5) is 11.6. The predicted molar refractivity (Wildman–Crippen MR) is 60.4 cm³/mol. The molecule has 0 spiro atoms. The van der Waals surface area contributed by atoms with Gasteiger partial charge in [0, 0.05) is 5.56 Å². The van der Waals surface area contributed by atoms with E-state index in [1.54, 1.807) is 6.92 Å². The third-order valence-electron chi connectivity index (χ3n) is 4.09. The monoisotopic (exact) mass is 200 g/mol. The maximum Gasteiger partial charge on any atom is 0.160 e. The average molecular weight is 200 g/mol. The molecule has 3 aliphatic rings. The van der Waals surface area contributed by atoms with Gasteiger partial charge in [0.05, 0.1) is 0 Å². The van der Waals surface area contributed by atoms with Gasteiger partial charge in [-0.05, 0) is 55.6 Å². The molecule has 0 unspecified atom stereocenters. The van der Waals surface area contributed by atoms with Crippen LogP contribution in [0.3, 0.4) is 0 Å². The third-order valence-corrected chi connectivity index (χ3v) is 4.09. The zero-order valence-electron chi connectivity index (χ0n) is 9.12. The van der Waals surface area contributed by atoms with Gasteiger partial charge >= 0.3 is 0 Å². The molecule has 0 aliphatic heterocycles. The second-order valence-corrected chi connectivity index (χ2v) is 4.91. The molecule has 3 aliphatic carbocycles. The summed E-state index contributed by atoms with van der Waals surface area (Å²) in [7, 11) is 0. The Morgan fingerprint density at radius 1 is 1.13 bits per heavy atom. The van der Waals surface area contributed by atoms with E-state index in [2.05, 4.69) is 12.1 Å². The zero-order chi connectivity index (χ0) is 10.4. The topological polar surface area (TPSA) is 17.1 Å². The summed E-state index contributed by atoms with van der Waals surface area (Å²) in [5.74, 6) is 1.65. The van der Waals surface area contributed by atoms with Gasteiger partial charge in [0.25, 0.3) is 0 Å². The standard InChI is InChI=1S/C14H16O/c1-9(15)12-3-2-4-13-10-5-7-11(8-6-10)14(12)13/h2-4,10-11H,5-8H2,1H3. The summed E-state index contributed by atoms with van der Waals surface area (Å²) in [6.07, 6.45) is 5.25. The molecule has 1 fully saturated rings. The SMILES string of the molecule is CC(=O)c1cccc2c1C1CCC2CC1. The van der Waals surface area contributed by atoms with Crippen molar-refractivity contribution in [3.63, 3.8) is 0 Å². The fourth-order valence-electron chi connectivity index (χ4n) is 3.39. The summed E-state index contributed by atoms with van der Waals surface area (Å²) >= 11 is 0. The highest BCUT2D eigenvalue weighted by Gasteiger charge is 2.34. The average Bonchev–Trinajstić information content (AvgIpc) is 2.30. The van der Waals surface area contributed by atoms with E-state index in [0.717, 1.165) is 11.5 Å². The Morgan fingerprint density at radius 2 is 1.80 bits per heavy atom. The fraction of sp³-hybridized carbons (Fsp3) is 0.500. The van der Waals surface area contributed by atoms with Crippen molar-refractivity contribution in [2.75, 3.05) is 0 Å². The van der Waals surface area contributed by atoms with E-state index < -0.39 is 0 Å². The van der Waals surface area contributed by atoms with E-state index in [0.29, 0.717) is 5.92 Å². The van der Waals surface area contributed by atoms with Gasteiger partial charge in [-0.3, -0.25) is 4.79 Å². The van der Waals surface area contributed by atoms with Crippen LogP contribution in [0.25, 0.3) is 0 Å². The molecular weight excluding hydrogens is 184 g/mol. The Balaban J connectivity index is 2.22. The lowest BCUT2D eigenvalue weighted by atomic mass is 9.65. The Morgan fingerprint density at radius 3 is 2.47 bits per heavy atom. The molecule has 0 amide bonds. The van der Waals surface area contributed by atoms with Crippen LogP contribution in [-0.2, 0) is 0 Å². The van der Waals surface area contributed by atoms with Gasteiger partial charge < -0.3 is 0 Å². The molecule has 0 aromatic heterocycles. The molecule has 2 bridgehead atoms. The maximum absolute atomic E-state index is 11.6. The molecule has 78 valence electrons. The van der Waals surface area contributed by atoms with Crippen LogP contribution in [0.15, 0.2) is 18.2 Å². The number of rotatable bonds is 1. The molecule has 0 N–H and O–H groups in total. The number of hydrogen-bond acceptors (Lipinski definition) is 1. The van der Waals surface area contributed by atoms with E-state index in [1.165, 1.54) is 36.8 Å². The van der Waals surface area contributed by atoms with Crippen molar-refractivity contribution in [2.24, 2.45) is 0 Å². The highest BCUT2D eigenvalue weighted by Crippen LogP contribution is 2.50. The van der Waals surface area contributed by atoms with Crippen LogP contribution in [0, 0.1) is 0 Å². The number of Topliss-reactive ketones (excluding diaryl/α,β-unsaturated/α-hetero) is 1. The van der Waals surface area contributed by atoms with Gasteiger partial charge in [0.15, 0.2) is 5.78 Å². The minimum Gasteiger partial charge on any atom is -0.295 e. The second-order valence-electron chi connectivity index (χ2n) is 4.91. The lowest BCUT2D eigenvalue weighted by Crippen LogP contribution is -2.23. The third kappa shape index (κ3) is 1.26. The number of benzene rings is 1. The van der Waals surface area contributed by atoms with Crippen molar-refractivity contribution in [2.45, 2.75) is 44.4 Å². The first-order valence-corrected chi connectivity index (χ1v) is 5.91. The summed E-state index contributed by atoms with van der Waals surface area (Å²) < 4.78 is 0. The molecule has 1 aromatic rings. The first kappa shape index (κ1) is 9.14. The first-order valence-electron chi connectivity index (χ1n) is 5.91. The lowest BCUT2D eigenvalue weighted by molar-refractivity contribution is 0.101. The lowest BCUT2D eigenvalue weighted by Gasteiger charge is -2.39. The second kappa shape index (κ2) is 3.19. The van der Waals surface area contributed by atoms with Crippen LogP contribution in [-0.4, -0.2) is 5.78 Å². The smallest absolute Gasteiger partial charge is 0.160 e. The first-order chi connectivity index (χ1) is 7.27. The summed E-state index contributed by atoms with van der Waals surface area (Å²) in [5.41, 5.74) is 3.86. The number of carbonyl (C=O) groups excluding carboxylic acids is 1. The molecule has 1 aromatic carbocycles. The maximum atomic E-state index is 11.6. The molecule has 1 heteroatoms. The molecule has 0 heterocycles. The summed E-state index contributed by atoms with van der Waals surface area (Å²) in [6.45, 7) is 1.69. The normalized spacial score (nSPS) is 27.5. The van der Waals surface area contributed by atoms with Crippen molar-refractivity contribution in [3.05, 3.63) is 34.9 Å². The largest absolute Gasteiger partial charge is 0.295 e. The van der Waals surface area contributed by atoms with Gasteiger partial charge in [-0.25, -0.2) is 0 Å². The van der Waals surface area contributed by atoms with Crippen LogP contribution in [0.5, 0.6) is 0 Å². The molecule has 1 saturated carbocycles. The van der Waals surface area contributed by atoms with Gasteiger partial charge in [-0.15, -0.1) is 0 Å². The van der Waals surface area contributed by atoms with Crippen molar-refractivity contribution in [3.8, 4) is 0 Å². The molecule has 15 heavy (non-hydrogen) atoms. The zero-order valence-corrected chi connectivity index (χ0v) is 9.12. The highest BCUT2D eigenvalue weighted by molar-refractivity contribution is 5.96. The Hall–Kier alpha value is -1.11. The molecule has 0 atom stereocenters. The minimum absolute atomic E-state index is 0.236. The van der Waals surface area contributed by atoms with Crippen LogP contribution < -0.4 is 0 Å². The number of fused-ring (bicyclic) bond motifs is 2. The van der Waals surface area contributed by atoms with Gasteiger partial charge in [-0.2, -0.15) is 0 Å². The van der Waals surface area contributed by atoms with Crippen LogP contribution in [0.2, 0.25) is 0 Å². The van der Waals surface area contributed by atoms with E-state index in [1.807, 2.05) is 6.07 Å². The van der Waals surface area contributed by atoms with Gasteiger partial charge in [0.2, 0.25) is 0 Å². The summed E-state index contributed by atoms with van der Waals surface area (Å²) in [6, 6.07) is 6.29. The highest BCUT2D eigenvalue weighted by atomic mass is 16.1. The van der Waals surface area contributed by atoms with Crippen LogP contribution >= 0.6 is 0 Å².